The molecule has 0 saturated heterocycles. The van der Waals surface area contributed by atoms with E-state index < -0.39 is 0 Å². The highest BCUT2D eigenvalue weighted by Gasteiger charge is 2.20. The number of nitrogen functional groups attached to an aromatic ring is 1. The molecule has 3 rings (SSSR count). The van der Waals surface area contributed by atoms with Crippen LogP contribution in [0.1, 0.15) is 21.2 Å². The van der Waals surface area contributed by atoms with Crippen LogP contribution in [0.5, 0.6) is 0 Å². The molecule has 3 N–H and O–H groups in total. The average molecular weight is 306 g/mol. The Morgan fingerprint density at radius 3 is 3.05 bits per heavy atom. The van der Waals surface area contributed by atoms with Gasteiger partial charge < -0.3 is 15.6 Å². The molecule has 110 valence electrons. The predicted molar refractivity (Wildman–Crippen MR) is 78.1 cm³/mol. The minimum absolute atomic E-state index is 0.198. The first-order valence-electron chi connectivity index (χ1n) is 6.33. The van der Waals surface area contributed by atoms with Crippen molar-refractivity contribution in [3.63, 3.8) is 0 Å². The molecule has 8 nitrogen and oxygen atoms in total. The minimum Gasteiger partial charge on any atom is -0.397 e. The summed E-state index contributed by atoms with van der Waals surface area (Å²) in [4.78, 5) is 17.5. The number of anilines is 1. The van der Waals surface area contributed by atoms with E-state index in [-0.39, 0.29) is 5.91 Å². The van der Waals surface area contributed by atoms with E-state index in [9.17, 15) is 4.79 Å². The maximum atomic E-state index is 12.2. The zero-order chi connectivity index (χ0) is 15.0. The van der Waals surface area contributed by atoms with Gasteiger partial charge in [-0.25, -0.2) is 0 Å². The first-order valence-corrected chi connectivity index (χ1v) is 7.14. The van der Waals surface area contributed by atoms with Gasteiger partial charge in [0.05, 0.1) is 16.8 Å². The van der Waals surface area contributed by atoms with Gasteiger partial charge in [0.1, 0.15) is 9.71 Å². The first kappa shape index (κ1) is 13.6. The van der Waals surface area contributed by atoms with E-state index in [0.29, 0.717) is 29.4 Å². The normalized spacial score (nSPS) is 11.1. The molecule has 0 atom stereocenters. The fourth-order valence-corrected chi connectivity index (χ4v) is 3.27. The summed E-state index contributed by atoms with van der Waals surface area (Å²) in [6, 6.07) is 0. The SMILES string of the molecule is Cc1nn(C)c2sc(C(=O)NCCc3ncon3)c(N)c12. The van der Waals surface area contributed by atoms with Crippen LogP contribution in [0, 0.1) is 6.92 Å². The number of hydrogen-bond donors (Lipinski definition) is 2. The molecule has 3 aromatic heterocycles. The Bertz CT molecular complexity index is 788. The summed E-state index contributed by atoms with van der Waals surface area (Å²) in [5.41, 5.74) is 7.39. The third-order valence-electron chi connectivity index (χ3n) is 3.13. The lowest BCUT2D eigenvalue weighted by molar-refractivity contribution is 0.0959. The van der Waals surface area contributed by atoms with Gasteiger partial charge in [-0.05, 0) is 6.92 Å². The predicted octanol–water partition coefficient (Wildman–Crippen LogP) is 0.881. The Labute approximate surface area is 123 Å². The minimum atomic E-state index is -0.198. The number of aryl methyl sites for hydroxylation is 2. The quantitative estimate of drug-likeness (QED) is 0.740. The molecule has 1 amide bonds. The van der Waals surface area contributed by atoms with Crippen LogP contribution >= 0.6 is 11.3 Å². The molecule has 3 aromatic rings. The van der Waals surface area contributed by atoms with Gasteiger partial charge in [-0.15, -0.1) is 11.3 Å². The molecule has 21 heavy (non-hydrogen) atoms. The molecule has 3 heterocycles. The Morgan fingerprint density at radius 1 is 1.57 bits per heavy atom. The van der Waals surface area contributed by atoms with Crippen molar-refractivity contribution in [2.45, 2.75) is 13.3 Å². The molecule has 0 aliphatic rings. The lowest BCUT2D eigenvalue weighted by atomic mass is 10.2. The fraction of sp³-hybridized carbons (Fsp3) is 0.333. The van der Waals surface area contributed by atoms with E-state index >= 15 is 0 Å². The summed E-state index contributed by atoms with van der Waals surface area (Å²) in [6.45, 7) is 2.30. The fourth-order valence-electron chi connectivity index (χ4n) is 2.17. The number of carbonyl (C=O) groups excluding carboxylic acids is 1. The van der Waals surface area contributed by atoms with Crippen LogP contribution in [0.2, 0.25) is 0 Å². The molecule has 0 spiro atoms. The second-order valence-corrected chi connectivity index (χ2v) is 5.59. The summed E-state index contributed by atoms with van der Waals surface area (Å²) >= 11 is 1.34. The van der Waals surface area contributed by atoms with Crippen molar-refractivity contribution < 1.29 is 9.32 Å². The van der Waals surface area contributed by atoms with Gasteiger partial charge in [0.25, 0.3) is 5.91 Å². The maximum absolute atomic E-state index is 12.2. The van der Waals surface area contributed by atoms with E-state index in [1.807, 2.05) is 14.0 Å². The standard InChI is InChI=1S/C12H14N6O2S/c1-6-8-9(13)10(21-12(8)18(2)16-6)11(19)14-4-3-7-15-5-20-17-7/h5H,3-4,13H2,1-2H3,(H,14,19). The lowest BCUT2D eigenvalue weighted by Gasteiger charge is -2.02. The summed E-state index contributed by atoms with van der Waals surface area (Å²) in [7, 11) is 1.84. The number of aromatic nitrogens is 4. The van der Waals surface area contributed by atoms with Crippen molar-refractivity contribution in [2.75, 3.05) is 12.3 Å². The summed E-state index contributed by atoms with van der Waals surface area (Å²) in [6.07, 6.45) is 1.77. The molecular weight excluding hydrogens is 292 g/mol. The first-order chi connectivity index (χ1) is 10.1. The van der Waals surface area contributed by atoms with Crippen LogP contribution in [0.3, 0.4) is 0 Å². The average Bonchev–Trinajstić information content (AvgIpc) is 3.11. The van der Waals surface area contributed by atoms with E-state index in [2.05, 4.69) is 25.1 Å². The highest BCUT2D eigenvalue weighted by atomic mass is 32.1. The summed E-state index contributed by atoms with van der Waals surface area (Å²) < 4.78 is 6.37. The molecule has 0 aliphatic heterocycles. The maximum Gasteiger partial charge on any atom is 0.263 e. The van der Waals surface area contributed by atoms with E-state index in [1.54, 1.807) is 4.68 Å². The topological polar surface area (TPSA) is 112 Å². The summed E-state index contributed by atoms with van der Waals surface area (Å²) in [5, 5.41) is 11.6. The van der Waals surface area contributed by atoms with Gasteiger partial charge >= 0.3 is 0 Å². The van der Waals surface area contributed by atoms with Gasteiger partial charge in [0.2, 0.25) is 6.39 Å². The van der Waals surface area contributed by atoms with E-state index in [1.165, 1.54) is 17.7 Å². The zero-order valence-corrected chi connectivity index (χ0v) is 12.4. The van der Waals surface area contributed by atoms with Crippen molar-refractivity contribution >= 4 is 33.1 Å². The lowest BCUT2D eigenvalue weighted by Crippen LogP contribution is -2.25. The Morgan fingerprint density at radius 2 is 2.38 bits per heavy atom. The summed E-state index contributed by atoms with van der Waals surface area (Å²) in [5.74, 6) is 0.358. The molecule has 0 unspecified atom stereocenters. The third kappa shape index (κ3) is 2.35. The number of thiophene rings is 1. The van der Waals surface area contributed by atoms with Gasteiger partial charge in [0, 0.05) is 20.0 Å². The Kier molecular flexibility index (Phi) is 3.34. The van der Waals surface area contributed by atoms with Crippen LogP contribution in [0.25, 0.3) is 10.2 Å². The van der Waals surface area contributed by atoms with E-state index in [0.717, 1.165) is 15.9 Å². The van der Waals surface area contributed by atoms with Gasteiger partial charge in [-0.1, -0.05) is 5.16 Å². The highest BCUT2D eigenvalue weighted by molar-refractivity contribution is 7.21. The molecule has 0 aromatic carbocycles. The van der Waals surface area contributed by atoms with Gasteiger partial charge in [0.15, 0.2) is 5.82 Å². The van der Waals surface area contributed by atoms with Crippen molar-refractivity contribution in [1.82, 2.24) is 25.2 Å². The Balaban J connectivity index is 1.75. The van der Waals surface area contributed by atoms with Crippen LogP contribution in [0.15, 0.2) is 10.9 Å². The smallest absolute Gasteiger partial charge is 0.263 e. The largest absolute Gasteiger partial charge is 0.397 e. The van der Waals surface area contributed by atoms with Crippen LogP contribution in [-0.4, -0.2) is 32.4 Å². The highest BCUT2D eigenvalue weighted by Crippen LogP contribution is 2.35. The number of hydrogen-bond acceptors (Lipinski definition) is 7. The molecule has 0 radical (unpaired) electrons. The molecule has 0 aliphatic carbocycles. The monoisotopic (exact) mass is 306 g/mol. The Hall–Kier alpha value is -2.42. The number of fused-ring (bicyclic) bond motifs is 1. The number of nitrogens with zero attached hydrogens (tertiary/aromatic N) is 4. The van der Waals surface area contributed by atoms with Crippen molar-refractivity contribution in [3.05, 3.63) is 22.8 Å². The van der Waals surface area contributed by atoms with Crippen LogP contribution < -0.4 is 11.1 Å². The van der Waals surface area contributed by atoms with Crippen LogP contribution in [-0.2, 0) is 13.5 Å². The number of rotatable bonds is 4. The molecule has 0 saturated carbocycles. The number of carbonyl (C=O) groups is 1. The van der Waals surface area contributed by atoms with E-state index in [4.69, 9.17) is 5.73 Å². The molecular formula is C12H14N6O2S. The number of nitrogens with two attached hydrogens (primary N) is 1. The number of nitrogens with one attached hydrogen (secondary N) is 1. The van der Waals surface area contributed by atoms with Crippen molar-refractivity contribution in [2.24, 2.45) is 7.05 Å². The molecule has 0 fully saturated rings. The van der Waals surface area contributed by atoms with Gasteiger partial charge in [-0.3, -0.25) is 9.48 Å². The zero-order valence-electron chi connectivity index (χ0n) is 11.6. The third-order valence-corrected chi connectivity index (χ3v) is 4.40. The van der Waals surface area contributed by atoms with Crippen LogP contribution in [0.4, 0.5) is 5.69 Å². The molecule has 9 heteroatoms. The van der Waals surface area contributed by atoms with Crippen molar-refractivity contribution in [3.8, 4) is 0 Å². The second-order valence-electron chi connectivity index (χ2n) is 4.59. The second kappa shape index (κ2) is 5.17. The molecule has 0 bridgehead atoms. The van der Waals surface area contributed by atoms with Gasteiger partial charge in [-0.2, -0.15) is 10.1 Å². The number of amides is 1. The van der Waals surface area contributed by atoms with Crippen molar-refractivity contribution in [1.29, 1.82) is 0 Å².